The first-order chi connectivity index (χ1) is 8.34. The van der Waals surface area contributed by atoms with Crippen LogP contribution in [-0.2, 0) is 6.42 Å². The van der Waals surface area contributed by atoms with E-state index in [1.165, 1.54) is 0 Å². The third-order valence-corrected chi connectivity index (χ3v) is 3.68. The van der Waals surface area contributed by atoms with Gasteiger partial charge in [-0.15, -0.1) is 0 Å². The average molecular weight is 247 g/mol. The van der Waals surface area contributed by atoms with Gasteiger partial charge in [-0.05, 0) is 49.8 Å². The fourth-order valence-corrected chi connectivity index (χ4v) is 2.89. The van der Waals surface area contributed by atoms with Crippen molar-refractivity contribution in [1.29, 1.82) is 0 Å². The molecule has 0 saturated heterocycles. The number of carboxylic acids is 1. The molecule has 2 N–H and O–H groups in total. The van der Waals surface area contributed by atoms with Crippen LogP contribution in [0.1, 0.15) is 61.5 Å². The summed E-state index contributed by atoms with van der Waals surface area (Å²) in [4.78, 5) is 11.4. The average Bonchev–Trinajstić information content (AvgIpc) is 2.26. The van der Waals surface area contributed by atoms with Crippen LogP contribution in [0.2, 0.25) is 0 Å². The van der Waals surface area contributed by atoms with Crippen molar-refractivity contribution in [3.8, 4) is 0 Å². The van der Waals surface area contributed by atoms with E-state index < -0.39 is 5.97 Å². The molecule has 0 unspecified atom stereocenters. The van der Waals surface area contributed by atoms with Crippen molar-refractivity contribution in [2.75, 3.05) is 5.32 Å². The smallest absolute Gasteiger partial charge is 0.337 e. The fraction of sp³-hybridized carbons (Fsp3) is 0.533. The van der Waals surface area contributed by atoms with E-state index in [4.69, 9.17) is 0 Å². The van der Waals surface area contributed by atoms with Crippen LogP contribution in [0.3, 0.4) is 0 Å². The van der Waals surface area contributed by atoms with Gasteiger partial charge in [0.05, 0.1) is 11.3 Å². The van der Waals surface area contributed by atoms with E-state index in [1.807, 2.05) is 0 Å². The Morgan fingerprint density at radius 2 is 2.17 bits per heavy atom. The summed E-state index contributed by atoms with van der Waals surface area (Å²) in [7, 11) is 0. The van der Waals surface area contributed by atoms with Crippen LogP contribution in [0.25, 0.3) is 0 Å². The van der Waals surface area contributed by atoms with E-state index in [0.29, 0.717) is 11.5 Å². The molecule has 0 fully saturated rings. The van der Waals surface area contributed by atoms with Gasteiger partial charge in [0.2, 0.25) is 0 Å². The minimum Gasteiger partial charge on any atom is -0.478 e. The molecule has 3 nitrogen and oxygen atoms in total. The Hall–Kier alpha value is -1.51. The molecule has 0 bridgehead atoms. The number of fused-ring (bicyclic) bond motifs is 1. The second-order valence-corrected chi connectivity index (χ2v) is 5.88. The van der Waals surface area contributed by atoms with E-state index >= 15 is 0 Å². The first kappa shape index (κ1) is 12.9. The summed E-state index contributed by atoms with van der Waals surface area (Å²) in [6.45, 7) is 8.46. The molecule has 18 heavy (non-hydrogen) atoms. The molecule has 2 rings (SSSR count). The van der Waals surface area contributed by atoms with Crippen LogP contribution in [0, 0.1) is 0 Å². The lowest BCUT2D eigenvalue weighted by Gasteiger charge is -2.38. The summed E-state index contributed by atoms with van der Waals surface area (Å²) in [5, 5.41) is 12.8. The number of rotatable bonds is 2. The number of hydrogen-bond acceptors (Lipinski definition) is 2. The number of nitrogens with one attached hydrogen (secondary N) is 1. The molecule has 1 aliphatic heterocycles. The molecule has 0 aromatic heterocycles. The maximum Gasteiger partial charge on any atom is 0.337 e. The van der Waals surface area contributed by atoms with Crippen LogP contribution >= 0.6 is 0 Å². The Kier molecular flexibility index (Phi) is 3.09. The summed E-state index contributed by atoms with van der Waals surface area (Å²) < 4.78 is 0. The monoisotopic (exact) mass is 247 g/mol. The maximum absolute atomic E-state index is 11.4. The van der Waals surface area contributed by atoms with Gasteiger partial charge >= 0.3 is 5.97 Å². The van der Waals surface area contributed by atoms with Gasteiger partial charge in [0.15, 0.2) is 0 Å². The van der Waals surface area contributed by atoms with E-state index in [-0.39, 0.29) is 5.54 Å². The number of aryl methyl sites for hydroxylation is 1. The van der Waals surface area contributed by atoms with Crippen molar-refractivity contribution in [1.82, 2.24) is 0 Å². The van der Waals surface area contributed by atoms with Gasteiger partial charge < -0.3 is 10.4 Å². The fourth-order valence-electron chi connectivity index (χ4n) is 2.89. The minimum absolute atomic E-state index is 0.0512. The van der Waals surface area contributed by atoms with Gasteiger partial charge in [0, 0.05) is 5.54 Å². The quantitative estimate of drug-likeness (QED) is 0.838. The van der Waals surface area contributed by atoms with Gasteiger partial charge in [0.25, 0.3) is 0 Å². The molecule has 1 aromatic rings. The summed E-state index contributed by atoms with van der Waals surface area (Å²) >= 11 is 0. The van der Waals surface area contributed by atoms with E-state index in [1.54, 1.807) is 6.07 Å². The van der Waals surface area contributed by atoms with Gasteiger partial charge in [-0.25, -0.2) is 4.79 Å². The zero-order valence-corrected chi connectivity index (χ0v) is 11.5. The van der Waals surface area contributed by atoms with Crippen molar-refractivity contribution in [2.45, 2.75) is 52.0 Å². The van der Waals surface area contributed by atoms with E-state index in [2.05, 4.69) is 39.1 Å². The Labute approximate surface area is 108 Å². The second kappa shape index (κ2) is 4.30. The summed E-state index contributed by atoms with van der Waals surface area (Å²) in [6.07, 6.45) is 1.88. The molecule has 0 saturated carbocycles. The third-order valence-electron chi connectivity index (χ3n) is 3.68. The van der Waals surface area contributed by atoms with E-state index in [0.717, 1.165) is 29.7 Å². The topological polar surface area (TPSA) is 49.3 Å². The number of hydrogen-bond donors (Lipinski definition) is 2. The molecule has 0 spiro atoms. The number of carboxylic acid groups (broad SMARTS) is 1. The lowest BCUT2D eigenvalue weighted by molar-refractivity contribution is 0.0697. The molecule has 1 aliphatic rings. The van der Waals surface area contributed by atoms with Crippen molar-refractivity contribution in [2.24, 2.45) is 0 Å². The Morgan fingerprint density at radius 3 is 2.72 bits per heavy atom. The largest absolute Gasteiger partial charge is 0.478 e. The molecule has 1 aromatic carbocycles. The normalized spacial score (nSPS) is 21.0. The first-order valence-electron chi connectivity index (χ1n) is 6.52. The molecule has 1 atom stereocenters. The highest BCUT2D eigenvalue weighted by Gasteiger charge is 2.32. The van der Waals surface area contributed by atoms with Gasteiger partial charge in [-0.3, -0.25) is 0 Å². The lowest BCUT2D eigenvalue weighted by Crippen LogP contribution is -2.37. The highest BCUT2D eigenvalue weighted by atomic mass is 16.4. The van der Waals surface area contributed by atoms with Gasteiger partial charge in [0.1, 0.15) is 0 Å². The molecule has 98 valence electrons. The number of anilines is 1. The predicted molar refractivity (Wildman–Crippen MR) is 73.5 cm³/mol. The highest BCUT2D eigenvalue weighted by molar-refractivity contribution is 5.96. The molecule has 0 amide bonds. The second-order valence-electron chi connectivity index (χ2n) is 5.88. The van der Waals surface area contributed by atoms with Crippen molar-refractivity contribution < 1.29 is 9.90 Å². The third kappa shape index (κ3) is 2.22. The first-order valence-corrected chi connectivity index (χ1v) is 6.52. The molecule has 1 heterocycles. The molecule has 0 aliphatic carbocycles. The van der Waals surface area contributed by atoms with Gasteiger partial charge in [-0.2, -0.15) is 0 Å². The summed E-state index contributed by atoms with van der Waals surface area (Å²) in [5.41, 5.74) is 3.41. The standard InChI is InChI=1S/C15H21NO2/c1-5-10-6-11-9(2)8-15(3,4)16-13(11)12(7-10)14(17)18/h6-7,9,16H,5,8H2,1-4H3,(H,17,18)/t9-/m0/s1. The van der Waals surface area contributed by atoms with E-state index in [9.17, 15) is 9.90 Å². The minimum atomic E-state index is -0.848. The molecular formula is C15H21NO2. The zero-order valence-electron chi connectivity index (χ0n) is 11.5. The zero-order chi connectivity index (χ0) is 13.5. The van der Waals surface area contributed by atoms with Crippen molar-refractivity contribution in [3.05, 3.63) is 28.8 Å². The van der Waals surface area contributed by atoms with Crippen LogP contribution in [-0.4, -0.2) is 16.6 Å². The SMILES string of the molecule is CCc1cc(C(=O)O)c2c(c1)[C@@H](C)CC(C)(C)N2. The number of aromatic carboxylic acids is 1. The van der Waals surface area contributed by atoms with Crippen LogP contribution in [0.15, 0.2) is 12.1 Å². The Morgan fingerprint density at radius 1 is 1.50 bits per heavy atom. The summed E-state index contributed by atoms with van der Waals surface area (Å²) in [5.74, 6) is -0.459. The molecular weight excluding hydrogens is 226 g/mol. The highest BCUT2D eigenvalue weighted by Crippen LogP contribution is 2.41. The van der Waals surface area contributed by atoms with Gasteiger partial charge in [-0.1, -0.05) is 19.9 Å². The molecule has 0 radical (unpaired) electrons. The maximum atomic E-state index is 11.4. The predicted octanol–water partition coefficient (Wildman–Crippen LogP) is 3.64. The van der Waals surface area contributed by atoms with Crippen LogP contribution < -0.4 is 5.32 Å². The van der Waals surface area contributed by atoms with Crippen molar-refractivity contribution in [3.63, 3.8) is 0 Å². The van der Waals surface area contributed by atoms with Crippen LogP contribution in [0.4, 0.5) is 5.69 Å². The number of carbonyl (C=O) groups is 1. The summed E-state index contributed by atoms with van der Waals surface area (Å²) in [6, 6.07) is 3.94. The lowest BCUT2D eigenvalue weighted by atomic mass is 9.80. The Balaban J connectivity index is 2.62. The van der Waals surface area contributed by atoms with Crippen molar-refractivity contribution >= 4 is 11.7 Å². The van der Waals surface area contributed by atoms with Crippen LogP contribution in [0.5, 0.6) is 0 Å². The molecule has 3 heteroatoms. The Bertz CT molecular complexity index is 492. The number of benzene rings is 1.